The molecule has 6 heteroatoms. The van der Waals surface area contributed by atoms with Crippen LogP contribution in [0.1, 0.15) is 6.92 Å². The van der Waals surface area contributed by atoms with Crippen molar-refractivity contribution in [1.82, 2.24) is 19.9 Å². The van der Waals surface area contributed by atoms with Gasteiger partial charge in [0.2, 0.25) is 5.91 Å². The normalized spacial score (nSPS) is 12.2. The Morgan fingerprint density at radius 1 is 1.40 bits per heavy atom. The molecule has 2 rings (SSSR count). The van der Waals surface area contributed by atoms with Gasteiger partial charge < -0.3 is 10.0 Å². The second-order valence-corrected chi connectivity index (χ2v) is 4.70. The van der Waals surface area contributed by atoms with E-state index in [2.05, 4.69) is 10.3 Å². The number of hydrogen-bond acceptors (Lipinski definition) is 4. The summed E-state index contributed by atoms with van der Waals surface area (Å²) in [5, 5.41) is 17.1. The first-order valence-electron chi connectivity index (χ1n) is 6.44. The summed E-state index contributed by atoms with van der Waals surface area (Å²) < 4.78 is 1.51. The molecule has 1 unspecified atom stereocenters. The lowest BCUT2D eigenvalue weighted by Crippen LogP contribution is -2.39. The van der Waals surface area contributed by atoms with Gasteiger partial charge in [0.1, 0.15) is 12.2 Å². The average molecular weight is 274 g/mol. The fourth-order valence-corrected chi connectivity index (χ4v) is 1.74. The minimum absolute atomic E-state index is 0.0607. The van der Waals surface area contributed by atoms with Gasteiger partial charge in [0, 0.05) is 12.6 Å². The summed E-state index contributed by atoms with van der Waals surface area (Å²) in [4.78, 5) is 13.5. The van der Waals surface area contributed by atoms with Crippen molar-refractivity contribution in [3.05, 3.63) is 36.5 Å². The monoisotopic (exact) mass is 274 g/mol. The van der Waals surface area contributed by atoms with Crippen molar-refractivity contribution in [2.75, 3.05) is 13.7 Å². The van der Waals surface area contributed by atoms with Crippen LogP contribution < -0.4 is 0 Å². The van der Waals surface area contributed by atoms with E-state index in [1.807, 2.05) is 30.3 Å². The van der Waals surface area contributed by atoms with Crippen LogP contribution in [-0.4, -0.2) is 50.6 Å². The largest absolute Gasteiger partial charge is 0.394 e. The molecule has 0 spiro atoms. The molecule has 1 atom stereocenters. The molecule has 1 aromatic heterocycles. The lowest BCUT2D eigenvalue weighted by Gasteiger charge is -2.22. The number of benzene rings is 1. The summed E-state index contributed by atoms with van der Waals surface area (Å²) in [7, 11) is 1.66. The third-order valence-corrected chi connectivity index (χ3v) is 3.22. The van der Waals surface area contributed by atoms with Crippen molar-refractivity contribution in [3.63, 3.8) is 0 Å². The second kappa shape index (κ2) is 6.29. The van der Waals surface area contributed by atoms with E-state index < -0.39 is 0 Å². The number of likely N-dealkylation sites (N-methyl/N-ethyl adjacent to an activating group) is 1. The number of hydrogen-bond donors (Lipinski definition) is 1. The SMILES string of the molecule is CC(CO)N(C)C(=O)Cn1cc(-c2ccccc2)nn1. The lowest BCUT2D eigenvalue weighted by atomic mass is 10.2. The predicted octanol–water partition coefficient (Wildman–Crippen LogP) is 0.784. The maximum absolute atomic E-state index is 12.0. The molecule has 0 radical (unpaired) electrons. The summed E-state index contributed by atoms with van der Waals surface area (Å²) in [6.07, 6.45) is 1.74. The molecular weight excluding hydrogens is 256 g/mol. The Labute approximate surface area is 117 Å². The van der Waals surface area contributed by atoms with Gasteiger partial charge >= 0.3 is 0 Å². The molecule has 1 heterocycles. The van der Waals surface area contributed by atoms with Crippen LogP contribution in [0.3, 0.4) is 0 Å². The molecule has 0 bridgehead atoms. The molecule has 0 fully saturated rings. The van der Waals surface area contributed by atoms with E-state index in [0.29, 0.717) is 0 Å². The Hall–Kier alpha value is -2.21. The first-order chi connectivity index (χ1) is 9.61. The van der Waals surface area contributed by atoms with Crippen LogP contribution in [0.25, 0.3) is 11.3 Å². The summed E-state index contributed by atoms with van der Waals surface area (Å²) in [6, 6.07) is 9.46. The molecule has 0 saturated carbocycles. The van der Waals surface area contributed by atoms with Crippen LogP contribution in [0.4, 0.5) is 0 Å². The van der Waals surface area contributed by atoms with Crippen molar-refractivity contribution in [1.29, 1.82) is 0 Å². The highest BCUT2D eigenvalue weighted by atomic mass is 16.3. The van der Waals surface area contributed by atoms with Crippen molar-refractivity contribution >= 4 is 5.91 Å². The topological polar surface area (TPSA) is 71.2 Å². The minimum Gasteiger partial charge on any atom is -0.394 e. The third kappa shape index (κ3) is 3.21. The van der Waals surface area contributed by atoms with Crippen molar-refractivity contribution < 1.29 is 9.90 Å². The number of aliphatic hydroxyl groups is 1. The molecule has 0 aliphatic heterocycles. The zero-order chi connectivity index (χ0) is 14.5. The zero-order valence-electron chi connectivity index (χ0n) is 11.6. The maximum atomic E-state index is 12.0. The van der Waals surface area contributed by atoms with Crippen molar-refractivity contribution in [3.8, 4) is 11.3 Å². The predicted molar refractivity (Wildman–Crippen MR) is 74.8 cm³/mol. The highest BCUT2D eigenvalue weighted by Crippen LogP contribution is 2.14. The van der Waals surface area contributed by atoms with Crippen molar-refractivity contribution in [2.45, 2.75) is 19.5 Å². The van der Waals surface area contributed by atoms with E-state index >= 15 is 0 Å². The average Bonchev–Trinajstić information content (AvgIpc) is 2.95. The number of rotatable bonds is 5. The van der Waals surface area contributed by atoms with E-state index in [-0.39, 0.29) is 25.1 Å². The van der Waals surface area contributed by atoms with Crippen LogP contribution in [0.15, 0.2) is 36.5 Å². The summed E-state index contributed by atoms with van der Waals surface area (Å²) in [5.41, 5.74) is 1.69. The molecule has 1 amide bonds. The smallest absolute Gasteiger partial charge is 0.244 e. The van der Waals surface area contributed by atoms with Crippen LogP contribution in [-0.2, 0) is 11.3 Å². The molecule has 0 saturated heterocycles. The van der Waals surface area contributed by atoms with Gasteiger partial charge in [-0.2, -0.15) is 0 Å². The molecule has 1 N–H and O–H groups in total. The van der Waals surface area contributed by atoms with E-state index in [1.54, 1.807) is 20.2 Å². The number of carbonyl (C=O) groups is 1. The van der Waals surface area contributed by atoms with E-state index in [0.717, 1.165) is 11.3 Å². The van der Waals surface area contributed by atoms with E-state index in [4.69, 9.17) is 5.11 Å². The molecule has 20 heavy (non-hydrogen) atoms. The van der Waals surface area contributed by atoms with Gasteiger partial charge in [0.15, 0.2) is 0 Å². The molecule has 1 aromatic carbocycles. The van der Waals surface area contributed by atoms with Crippen LogP contribution in [0.2, 0.25) is 0 Å². The molecule has 2 aromatic rings. The highest BCUT2D eigenvalue weighted by Gasteiger charge is 2.16. The van der Waals surface area contributed by atoms with Gasteiger partial charge in [-0.05, 0) is 6.92 Å². The van der Waals surface area contributed by atoms with Gasteiger partial charge in [-0.3, -0.25) is 4.79 Å². The number of amides is 1. The van der Waals surface area contributed by atoms with E-state index in [9.17, 15) is 4.79 Å². The number of aliphatic hydroxyl groups excluding tert-OH is 1. The molecular formula is C14H18N4O2. The first-order valence-corrected chi connectivity index (χ1v) is 6.44. The Morgan fingerprint density at radius 3 is 2.75 bits per heavy atom. The van der Waals surface area contributed by atoms with Crippen LogP contribution in [0.5, 0.6) is 0 Å². The molecule has 0 aliphatic carbocycles. The fraction of sp³-hybridized carbons (Fsp3) is 0.357. The minimum atomic E-state index is -0.209. The maximum Gasteiger partial charge on any atom is 0.244 e. The van der Waals surface area contributed by atoms with Crippen LogP contribution >= 0.6 is 0 Å². The first kappa shape index (κ1) is 14.2. The summed E-state index contributed by atoms with van der Waals surface area (Å²) in [6.45, 7) is 1.84. The fourth-order valence-electron chi connectivity index (χ4n) is 1.74. The Bertz CT molecular complexity index is 568. The van der Waals surface area contributed by atoms with Crippen molar-refractivity contribution in [2.24, 2.45) is 0 Å². The number of carbonyl (C=O) groups excluding carboxylic acids is 1. The highest BCUT2D eigenvalue weighted by molar-refractivity contribution is 5.76. The van der Waals surface area contributed by atoms with Gasteiger partial charge in [0.05, 0.1) is 18.8 Å². The molecule has 106 valence electrons. The molecule has 6 nitrogen and oxygen atoms in total. The molecule has 0 aliphatic rings. The number of nitrogens with zero attached hydrogens (tertiary/aromatic N) is 4. The van der Waals surface area contributed by atoms with Gasteiger partial charge in [-0.25, -0.2) is 4.68 Å². The Balaban J connectivity index is 2.05. The lowest BCUT2D eigenvalue weighted by molar-refractivity contribution is -0.133. The van der Waals surface area contributed by atoms with Gasteiger partial charge in [0.25, 0.3) is 0 Å². The van der Waals surface area contributed by atoms with Gasteiger partial charge in [-0.1, -0.05) is 35.5 Å². The standard InChI is InChI=1S/C14H18N4O2/c1-11(10-19)17(2)14(20)9-18-8-13(15-16-18)12-6-4-3-5-7-12/h3-8,11,19H,9-10H2,1-2H3. The summed E-state index contributed by atoms with van der Waals surface area (Å²) >= 11 is 0. The zero-order valence-corrected chi connectivity index (χ0v) is 11.6. The Kier molecular flexibility index (Phi) is 4.47. The Morgan fingerprint density at radius 2 is 2.10 bits per heavy atom. The third-order valence-electron chi connectivity index (χ3n) is 3.22. The second-order valence-electron chi connectivity index (χ2n) is 4.70. The van der Waals surface area contributed by atoms with Gasteiger partial charge in [-0.15, -0.1) is 5.10 Å². The van der Waals surface area contributed by atoms with E-state index in [1.165, 1.54) is 9.58 Å². The quantitative estimate of drug-likeness (QED) is 0.875. The summed E-state index contributed by atoms with van der Waals surface area (Å²) in [5.74, 6) is -0.115. The number of aromatic nitrogens is 3. The van der Waals surface area contributed by atoms with Crippen LogP contribution in [0, 0.1) is 0 Å².